The lowest BCUT2D eigenvalue weighted by Gasteiger charge is -2.31. The van der Waals surface area contributed by atoms with E-state index in [2.05, 4.69) is 15.6 Å². The molecule has 40 heavy (non-hydrogen) atoms. The van der Waals surface area contributed by atoms with Crippen molar-refractivity contribution in [2.45, 2.75) is 19.1 Å². The summed E-state index contributed by atoms with van der Waals surface area (Å²) in [5.41, 5.74) is 3.09. The molecule has 0 fully saturated rings. The molecule has 1 unspecified atom stereocenters. The number of hydrogen-bond donors (Lipinski definition) is 1. The van der Waals surface area contributed by atoms with Crippen LogP contribution in [0.25, 0.3) is 11.0 Å². The summed E-state index contributed by atoms with van der Waals surface area (Å²) in [4.78, 5) is 29.4. The normalized spacial score (nSPS) is 12.7. The van der Waals surface area contributed by atoms with Crippen molar-refractivity contribution < 1.29 is 23.5 Å². The highest BCUT2D eigenvalue weighted by molar-refractivity contribution is 5.98. The molecular weight excluding hydrogens is 513 g/mol. The number of carbonyl (C=O) groups excluding carboxylic acids is 2. The molecule has 1 aliphatic heterocycles. The summed E-state index contributed by atoms with van der Waals surface area (Å²) in [6, 6.07) is 26.2. The summed E-state index contributed by atoms with van der Waals surface area (Å²) >= 11 is 0. The van der Waals surface area contributed by atoms with Crippen molar-refractivity contribution in [2.24, 2.45) is 0 Å². The van der Waals surface area contributed by atoms with Crippen molar-refractivity contribution in [1.82, 2.24) is 19.9 Å². The van der Waals surface area contributed by atoms with Crippen LogP contribution in [0.5, 0.6) is 11.5 Å². The van der Waals surface area contributed by atoms with Crippen LogP contribution in [0.15, 0.2) is 97.1 Å². The van der Waals surface area contributed by atoms with Gasteiger partial charge in [0, 0.05) is 18.3 Å². The Bertz CT molecular complexity index is 1670. The van der Waals surface area contributed by atoms with Crippen LogP contribution in [0.1, 0.15) is 17.2 Å². The molecule has 0 saturated heterocycles. The second-order valence-electron chi connectivity index (χ2n) is 9.25. The van der Waals surface area contributed by atoms with Gasteiger partial charge in [-0.1, -0.05) is 59.8 Å². The fourth-order valence-electron chi connectivity index (χ4n) is 4.66. The van der Waals surface area contributed by atoms with Crippen LogP contribution in [0.3, 0.4) is 0 Å². The number of rotatable bonds is 8. The number of hydrogen-bond acceptors (Lipinski definition) is 6. The molecule has 1 aromatic heterocycles. The SMILES string of the molecule is O=C(Nc1ccc2c(c1)OCO2)C(c1ccc(F)cc1)N(Cc1ccccc1)C(=O)Cn1nnc2ccccc21. The van der Waals surface area contributed by atoms with Crippen LogP contribution in [0.2, 0.25) is 0 Å². The van der Waals surface area contributed by atoms with E-state index in [1.807, 2.05) is 54.6 Å². The zero-order valence-corrected chi connectivity index (χ0v) is 21.2. The minimum atomic E-state index is -1.09. The molecule has 2 heterocycles. The van der Waals surface area contributed by atoms with Crippen molar-refractivity contribution in [1.29, 1.82) is 0 Å². The zero-order valence-electron chi connectivity index (χ0n) is 21.2. The van der Waals surface area contributed by atoms with Crippen LogP contribution >= 0.6 is 0 Å². The van der Waals surface area contributed by atoms with Crippen LogP contribution < -0.4 is 14.8 Å². The molecule has 200 valence electrons. The highest BCUT2D eigenvalue weighted by Crippen LogP contribution is 2.35. The average Bonchev–Trinajstić information content (AvgIpc) is 3.61. The average molecular weight is 538 g/mol. The third-order valence-corrected chi connectivity index (χ3v) is 6.61. The van der Waals surface area contributed by atoms with Crippen molar-refractivity contribution in [3.63, 3.8) is 0 Å². The number of nitrogens with zero attached hydrogens (tertiary/aromatic N) is 4. The Kier molecular flexibility index (Phi) is 6.80. The van der Waals surface area contributed by atoms with E-state index in [1.165, 1.54) is 33.8 Å². The maximum atomic E-state index is 14.0. The van der Waals surface area contributed by atoms with Gasteiger partial charge < -0.3 is 19.7 Å². The number of halogens is 1. The molecule has 6 rings (SSSR count). The number of aromatic nitrogens is 3. The molecule has 9 nitrogen and oxygen atoms in total. The second-order valence-corrected chi connectivity index (χ2v) is 9.25. The van der Waals surface area contributed by atoms with Crippen LogP contribution in [0, 0.1) is 5.82 Å². The summed E-state index contributed by atoms with van der Waals surface area (Å²) in [6.45, 7) is 0.0759. The minimum absolute atomic E-state index is 0.0985. The molecule has 0 spiro atoms. The summed E-state index contributed by atoms with van der Waals surface area (Å²) < 4.78 is 26.2. The summed E-state index contributed by atoms with van der Waals surface area (Å²) in [7, 11) is 0. The number of benzene rings is 4. The van der Waals surface area contributed by atoms with Gasteiger partial charge in [-0.25, -0.2) is 9.07 Å². The van der Waals surface area contributed by atoms with Gasteiger partial charge in [0.2, 0.25) is 12.7 Å². The lowest BCUT2D eigenvalue weighted by Crippen LogP contribution is -2.42. The van der Waals surface area contributed by atoms with E-state index >= 15 is 0 Å². The van der Waals surface area contributed by atoms with Crippen molar-refractivity contribution in [3.05, 3.63) is 114 Å². The van der Waals surface area contributed by atoms with E-state index in [-0.39, 0.29) is 25.8 Å². The number of ether oxygens (including phenoxy) is 2. The molecule has 2 amide bonds. The molecule has 10 heteroatoms. The maximum Gasteiger partial charge on any atom is 0.251 e. The number of nitrogens with one attached hydrogen (secondary N) is 1. The van der Waals surface area contributed by atoms with E-state index in [4.69, 9.17) is 9.47 Å². The first-order valence-corrected chi connectivity index (χ1v) is 12.6. The van der Waals surface area contributed by atoms with Gasteiger partial charge in [0.15, 0.2) is 11.5 Å². The summed E-state index contributed by atoms with van der Waals surface area (Å²) in [5, 5.41) is 11.2. The lowest BCUT2D eigenvalue weighted by atomic mass is 10.0. The molecule has 0 saturated carbocycles. The quantitative estimate of drug-likeness (QED) is 0.308. The van der Waals surface area contributed by atoms with Crippen LogP contribution in [-0.2, 0) is 22.7 Å². The molecule has 0 aliphatic carbocycles. The minimum Gasteiger partial charge on any atom is -0.454 e. The van der Waals surface area contributed by atoms with E-state index in [0.717, 1.165) is 5.56 Å². The second kappa shape index (κ2) is 10.9. The fraction of sp³-hybridized carbons (Fsp3) is 0.133. The first-order chi connectivity index (χ1) is 19.5. The summed E-state index contributed by atoms with van der Waals surface area (Å²) in [6.07, 6.45) is 0. The van der Waals surface area contributed by atoms with Gasteiger partial charge in [-0.05, 0) is 47.5 Å². The third kappa shape index (κ3) is 5.19. The molecule has 1 atom stereocenters. The van der Waals surface area contributed by atoms with Crippen molar-refractivity contribution in [3.8, 4) is 11.5 Å². The Morgan fingerprint density at radius 2 is 1.68 bits per heavy atom. The number of anilines is 1. The lowest BCUT2D eigenvalue weighted by molar-refractivity contribution is -0.140. The Hall–Kier alpha value is -5.25. The predicted octanol–water partition coefficient (Wildman–Crippen LogP) is 4.71. The Morgan fingerprint density at radius 3 is 2.50 bits per heavy atom. The maximum absolute atomic E-state index is 14.0. The van der Waals surface area contributed by atoms with Gasteiger partial charge in [-0.15, -0.1) is 5.10 Å². The fourth-order valence-corrected chi connectivity index (χ4v) is 4.66. The van der Waals surface area contributed by atoms with Crippen molar-refractivity contribution in [2.75, 3.05) is 12.1 Å². The molecule has 1 N–H and O–H groups in total. The first-order valence-electron chi connectivity index (χ1n) is 12.6. The monoisotopic (exact) mass is 537 g/mol. The number of carbonyl (C=O) groups is 2. The molecule has 0 radical (unpaired) electrons. The third-order valence-electron chi connectivity index (χ3n) is 6.61. The van der Waals surface area contributed by atoms with Gasteiger partial charge in [-0.3, -0.25) is 9.59 Å². The number of para-hydroxylation sites is 1. The molecule has 4 aromatic carbocycles. The van der Waals surface area contributed by atoms with Gasteiger partial charge in [0.05, 0.1) is 5.52 Å². The summed E-state index contributed by atoms with van der Waals surface area (Å²) in [5.74, 6) is -0.206. The van der Waals surface area contributed by atoms with Gasteiger partial charge in [-0.2, -0.15) is 0 Å². The van der Waals surface area contributed by atoms with E-state index in [1.54, 1.807) is 18.2 Å². The molecular formula is C30H24FN5O4. The Labute approximate surface area is 228 Å². The van der Waals surface area contributed by atoms with Crippen LogP contribution in [0.4, 0.5) is 10.1 Å². The Morgan fingerprint density at radius 1 is 0.925 bits per heavy atom. The van der Waals surface area contributed by atoms with E-state index in [0.29, 0.717) is 33.8 Å². The van der Waals surface area contributed by atoms with Gasteiger partial charge >= 0.3 is 0 Å². The smallest absolute Gasteiger partial charge is 0.251 e. The zero-order chi connectivity index (χ0) is 27.5. The largest absolute Gasteiger partial charge is 0.454 e. The highest BCUT2D eigenvalue weighted by atomic mass is 19.1. The predicted molar refractivity (Wildman–Crippen MR) is 145 cm³/mol. The Balaban J connectivity index is 1.37. The first kappa shape index (κ1) is 25.1. The van der Waals surface area contributed by atoms with Gasteiger partial charge in [0.1, 0.15) is 23.9 Å². The van der Waals surface area contributed by atoms with Crippen molar-refractivity contribution >= 4 is 28.5 Å². The highest BCUT2D eigenvalue weighted by Gasteiger charge is 2.32. The molecule has 1 aliphatic rings. The standard InChI is InChI=1S/C30H24FN5O4/c31-22-12-10-21(11-13-22)29(30(38)32-23-14-15-26-27(16-23)40-19-39-26)35(17-20-6-2-1-3-7-20)28(37)18-36-25-9-5-4-8-24(25)33-34-36/h1-16,29H,17-19H2,(H,32,38). The topological polar surface area (TPSA) is 98.6 Å². The number of amides is 2. The van der Waals surface area contributed by atoms with E-state index in [9.17, 15) is 14.0 Å². The molecule has 5 aromatic rings. The molecule has 0 bridgehead atoms. The van der Waals surface area contributed by atoms with E-state index < -0.39 is 17.8 Å². The van der Waals surface area contributed by atoms with Gasteiger partial charge in [0.25, 0.3) is 5.91 Å². The number of fused-ring (bicyclic) bond motifs is 2. The van der Waals surface area contributed by atoms with Crippen LogP contribution in [-0.4, -0.2) is 38.5 Å².